The van der Waals surface area contributed by atoms with Crippen LogP contribution in [0.3, 0.4) is 0 Å². The maximum atomic E-state index is 10.7. The number of benzene rings is 3. The predicted octanol–water partition coefficient (Wildman–Crippen LogP) is 7.08. The number of nitro benzene ring substituents is 1. The third-order valence-electron chi connectivity index (χ3n) is 4.23. The summed E-state index contributed by atoms with van der Waals surface area (Å²) >= 11 is 8.50. The average Bonchev–Trinajstić information content (AvgIpc) is 3.16. The standard InChI is InChI=1S/C22H13ClIN3O3/c23-19-9-5-15(24)12-18(19)22-26-20-13-16(6-10-21(20)30-22)25-11-1-2-14-3-7-17(8-4-14)27(28)29/h1-13H. The van der Waals surface area contributed by atoms with E-state index in [0.717, 1.165) is 20.4 Å². The summed E-state index contributed by atoms with van der Waals surface area (Å²) in [5.74, 6) is 0.465. The highest BCUT2D eigenvalue weighted by atomic mass is 127. The van der Waals surface area contributed by atoms with E-state index in [1.165, 1.54) is 12.1 Å². The van der Waals surface area contributed by atoms with E-state index in [4.69, 9.17) is 16.0 Å². The summed E-state index contributed by atoms with van der Waals surface area (Å²) < 4.78 is 6.88. The largest absolute Gasteiger partial charge is 0.436 e. The van der Waals surface area contributed by atoms with Gasteiger partial charge in [-0.25, -0.2) is 4.98 Å². The minimum atomic E-state index is -0.424. The van der Waals surface area contributed by atoms with E-state index in [1.54, 1.807) is 24.4 Å². The van der Waals surface area contributed by atoms with Gasteiger partial charge in [-0.15, -0.1) is 0 Å². The van der Waals surface area contributed by atoms with Gasteiger partial charge < -0.3 is 4.42 Å². The van der Waals surface area contributed by atoms with Crippen LogP contribution in [0.2, 0.25) is 5.02 Å². The molecule has 0 bridgehead atoms. The second-order valence-electron chi connectivity index (χ2n) is 6.28. The number of aromatic nitrogens is 1. The smallest absolute Gasteiger partial charge is 0.269 e. The monoisotopic (exact) mass is 529 g/mol. The van der Waals surface area contributed by atoms with Crippen molar-refractivity contribution in [3.63, 3.8) is 0 Å². The van der Waals surface area contributed by atoms with Crippen molar-refractivity contribution in [1.29, 1.82) is 0 Å². The number of rotatable bonds is 5. The quantitative estimate of drug-likeness (QED) is 0.120. The Balaban J connectivity index is 1.52. The summed E-state index contributed by atoms with van der Waals surface area (Å²) in [6.07, 6.45) is 5.24. The number of halogens is 2. The fraction of sp³-hybridized carbons (Fsp3) is 0. The van der Waals surface area contributed by atoms with Gasteiger partial charge in [0.15, 0.2) is 5.58 Å². The van der Waals surface area contributed by atoms with Gasteiger partial charge in [-0.05, 0) is 82.8 Å². The summed E-state index contributed by atoms with van der Waals surface area (Å²) in [5, 5.41) is 11.3. The van der Waals surface area contributed by atoms with E-state index in [-0.39, 0.29) is 5.69 Å². The highest BCUT2D eigenvalue weighted by molar-refractivity contribution is 14.1. The average molecular weight is 530 g/mol. The third-order valence-corrected chi connectivity index (χ3v) is 5.23. The topological polar surface area (TPSA) is 81.5 Å². The van der Waals surface area contributed by atoms with E-state index in [1.807, 2.05) is 42.5 Å². The Morgan fingerprint density at radius 1 is 1.10 bits per heavy atom. The van der Waals surface area contributed by atoms with Crippen molar-refractivity contribution in [2.45, 2.75) is 0 Å². The zero-order valence-electron chi connectivity index (χ0n) is 15.3. The molecule has 0 spiro atoms. The number of hydrogen-bond acceptors (Lipinski definition) is 5. The lowest BCUT2D eigenvalue weighted by Crippen LogP contribution is -1.86. The number of hydrogen-bond donors (Lipinski definition) is 0. The van der Waals surface area contributed by atoms with Crippen LogP contribution in [0.15, 0.2) is 76.1 Å². The molecule has 0 saturated carbocycles. The molecule has 0 fully saturated rings. The van der Waals surface area contributed by atoms with Crippen LogP contribution in [0.5, 0.6) is 0 Å². The Bertz CT molecular complexity index is 1300. The number of nitrogens with zero attached hydrogens (tertiary/aromatic N) is 3. The van der Waals surface area contributed by atoms with Crippen LogP contribution >= 0.6 is 34.2 Å². The zero-order chi connectivity index (χ0) is 21.1. The Hall–Kier alpha value is -3.04. The first-order chi connectivity index (χ1) is 14.5. The molecule has 0 aliphatic rings. The molecule has 1 heterocycles. The summed E-state index contributed by atoms with van der Waals surface area (Å²) in [5.41, 5.74) is 3.72. The van der Waals surface area contributed by atoms with E-state index in [0.29, 0.717) is 22.0 Å². The molecule has 4 aromatic rings. The molecule has 0 atom stereocenters. The molecule has 0 amide bonds. The van der Waals surface area contributed by atoms with E-state index >= 15 is 0 Å². The molecule has 3 aromatic carbocycles. The molecule has 1 aromatic heterocycles. The van der Waals surface area contributed by atoms with Crippen molar-refractivity contribution in [3.8, 4) is 11.5 Å². The van der Waals surface area contributed by atoms with Crippen molar-refractivity contribution >= 4 is 69.0 Å². The summed E-state index contributed by atoms with van der Waals surface area (Å²) in [6.45, 7) is 0. The van der Waals surface area contributed by atoms with E-state index < -0.39 is 4.92 Å². The normalized spacial score (nSPS) is 11.7. The first kappa shape index (κ1) is 20.2. The number of oxazole rings is 1. The molecule has 0 unspecified atom stereocenters. The fourth-order valence-electron chi connectivity index (χ4n) is 2.76. The molecule has 4 rings (SSSR count). The molecule has 30 heavy (non-hydrogen) atoms. The maximum absolute atomic E-state index is 10.7. The lowest BCUT2D eigenvalue weighted by atomic mass is 10.2. The highest BCUT2D eigenvalue weighted by Gasteiger charge is 2.12. The minimum absolute atomic E-state index is 0.0626. The SMILES string of the molecule is O=[N+]([O-])c1ccc(C=CC=Nc2ccc3oc(-c4cc(I)ccc4Cl)nc3c2)cc1. The van der Waals surface area contributed by atoms with Crippen LogP contribution in [0.1, 0.15) is 5.56 Å². The number of aliphatic imine (C=N–C) groups is 1. The van der Waals surface area contributed by atoms with Crippen LogP contribution < -0.4 is 0 Å². The molecule has 148 valence electrons. The maximum Gasteiger partial charge on any atom is 0.269 e. The van der Waals surface area contributed by atoms with Crippen molar-refractivity contribution in [3.05, 3.63) is 91.0 Å². The Kier molecular flexibility index (Phi) is 5.91. The van der Waals surface area contributed by atoms with Crippen molar-refractivity contribution < 1.29 is 9.34 Å². The van der Waals surface area contributed by atoms with Gasteiger partial charge in [0.1, 0.15) is 5.52 Å². The van der Waals surface area contributed by atoms with Crippen molar-refractivity contribution in [1.82, 2.24) is 4.98 Å². The van der Waals surface area contributed by atoms with Gasteiger partial charge in [0.25, 0.3) is 5.69 Å². The number of fused-ring (bicyclic) bond motifs is 1. The summed E-state index contributed by atoms with van der Waals surface area (Å²) in [6, 6.07) is 17.5. The first-order valence-electron chi connectivity index (χ1n) is 8.81. The van der Waals surface area contributed by atoms with Gasteiger partial charge in [0.05, 0.1) is 21.2 Å². The van der Waals surface area contributed by atoms with Gasteiger partial charge in [0, 0.05) is 21.9 Å². The molecular weight excluding hydrogens is 517 g/mol. The number of allylic oxidation sites excluding steroid dienone is 1. The summed E-state index contributed by atoms with van der Waals surface area (Å²) in [7, 11) is 0. The van der Waals surface area contributed by atoms with Gasteiger partial charge in [0.2, 0.25) is 5.89 Å². The van der Waals surface area contributed by atoms with Crippen LogP contribution in [-0.2, 0) is 0 Å². The van der Waals surface area contributed by atoms with Crippen molar-refractivity contribution in [2.75, 3.05) is 0 Å². The fourth-order valence-corrected chi connectivity index (χ4v) is 3.45. The number of nitro groups is 1. The summed E-state index contributed by atoms with van der Waals surface area (Å²) in [4.78, 5) is 19.2. The van der Waals surface area contributed by atoms with Crippen LogP contribution in [0, 0.1) is 13.7 Å². The lowest BCUT2D eigenvalue weighted by Gasteiger charge is -1.99. The predicted molar refractivity (Wildman–Crippen MR) is 127 cm³/mol. The van der Waals surface area contributed by atoms with E-state index in [9.17, 15) is 10.1 Å². The molecule has 0 radical (unpaired) electrons. The minimum Gasteiger partial charge on any atom is -0.436 e. The van der Waals surface area contributed by atoms with Crippen molar-refractivity contribution in [2.24, 2.45) is 4.99 Å². The first-order valence-corrected chi connectivity index (χ1v) is 10.3. The van der Waals surface area contributed by atoms with Gasteiger partial charge in [-0.3, -0.25) is 15.1 Å². The molecular formula is C22H13ClIN3O3. The molecule has 0 N–H and O–H groups in total. The van der Waals surface area contributed by atoms with Crippen LogP contribution in [-0.4, -0.2) is 16.1 Å². The Morgan fingerprint density at radius 3 is 2.67 bits per heavy atom. The van der Waals surface area contributed by atoms with Gasteiger partial charge >= 0.3 is 0 Å². The molecule has 0 aliphatic carbocycles. The zero-order valence-corrected chi connectivity index (χ0v) is 18.2. The number of non-ortho nitro benzene ring substituents is 1. The second-order valence-corrected chi connectivity index (χ2v) is 7.93. The molecule has 6 nitrogen and oxygen atoms in total. The van der Waals surface area contributed by atoms with E-state index in [2.05, 4.69) is 32.6 Å². The molecule has 8 heteroatoms. The second kappa shape index (κ2) is 8.76. The van der Waals surface area contributed by atoms with Gasteiger partial charge in [-0.1, -0.05) is 17.7 Å². The van der Waals surface area contributed by atoms with Crippen LogP contribution in [0.4, 0.5) is 11.4 Å². The lowest BCUT2D eigenvalue weighted by molar-refractivity contribution is -0.384. The molecule has 0 aliphatic heterocycles. The van der Waals surface area contributed by atoms with Gasteiger partial charge in [-0.2, -0.15) is 0 Å². The Labute approximate surface area is 190 Å². The van der Waals surface area contributed by atoms with Crippen LogP contribution in [0.25, 0.3) is 28.6 Å². The third kappa shape index (κ3) is 4.58. The molecule has 0 saturated heterocycles. The Morgan fingerprint density at radius 2 is 1.90 bits per heavy atom. The highest BCUT2D eigenvalue weighted by Crippen LogP contribution is 2.32.